The van der Waals surface area contributed by atoms with Crippen molar-refractivity contribution < 1.29 is 4.74 Å². The molecule has 0 aliphatic rings. The Labute approximate surface area is 108 Å². The molecule has 2 aromatic rings. The zero-order valence-electron chi connectivity index (χ0n) is 10.9. The van der Waals surface area contributed by atoms with Gasteiger partial charge in [-0.15, -0.1) is 0 Å². The third-order valence-electron chi connectivity index (χ3n) is 2.94. The normalized spacial score (nSPS) is 10.4. The predicted molar refractivity (Wildman–Crippen MR) is 75.2 cm³/mol. The predicted octanol–water partition coefficient (Wildman–Crippen LogP) is 3.60. The Morgan fingerprint density at radius 2 is 1.78 bits per heavy atom. The lowest BCUT2D eigenvalue weighted by molar-refractivity contribution is 0.472. The van der Waals surface area contributed by atoms with Gasteiger partial charge in [0.05, 0.1) is 0 Å². The van der Waals surface area contributed by atoms with Crippen molar-refractivity contribution in [2.75, 3.05) is 6.54 Å². The highest BCUT2D eigenvalue weighted by atomic mass is 16.5. The number of hydrogen-bond donors (Lipinski definition) is 1. The lowest BCUT2D eigenvalue weighted by Gasteiger charge is -2.12. The van der Waals surface area contributed by atoms with Crippen molar-refractivity contribution in [2.45, 2.75) is 20.3 Å². The molecule has 0 aromatic heterocycles. The van der Waals surface area contributed by atoms with Gasteiger partial charge < -0.3 is 10.5 Å². The fraction of sp³-hybridized carbons (Fsp3) is 0.250. The van der Waals surface area contributed by atoms with E-state index >= 15 is 0 Å². The van der Waals surface area contributed by atoms with E-state index in [-0.39, 0.29) is 0 Å². The van der Waals surface area contributed by atoms with Crippen LogP contribution in [0.1, 0.15) is 16.7 Å². The molecule has 2 rings (SSSR count). The molecule has 0 radical (unpaired) electrons. The third-order valence-corrected chi connectivity index (χ3v) is 2.94. The number of hydrogen-bond acceptors (Lipinski definition) is 2. The van der Waals surface area contributed by atoms with Crippen molar-refractivity contribution in [1.29, 1.82) is 0 Å². The van der Waals surface area contributed by atoms with Crippen LogP contribution in [0.4, 0.5) is 0 Å². The van der Waals surface area contributed by atoms with Crippen LogP contribution in [0.25, 0.3) is 0 Å². The van der Waals surface area contributed by atoms with E-state index in [2.05, 4.69) is 32.0 Å². The molecule has 0 unspecified atom stereocenters. The summed E-state index contributed by atoms with van der Waals surface area (Å²) in [5, 5.41) is 0. The molecular formula is C16H19NO. The van der Waals surface area contributed by atoms with E-state index in [1.807, 2.05) is 24.3 Å². The van der Waals surface area contributed by atoms with E-state index in [1.54, 1.807) is 0 Å². The van der Waals surface area contributed by atoms with Crippen LogP contribution in [0.2, 0.25) is 0 Å². The third kappa shape index (κ3) is 2.90. The van der Waals surface area contributed by atoms with Gasteiger partial charge in [-0.25, -0.2) is 0 Å². The second kappa shape index (κ2) is 5.69. The fourth-order valence-corrected chi connectivity index (χ4v) is 2.00. The number of rotatable bonds is 4. The molecule has 0 spiro atoms. The monoisotopic (exact) mass is 241 g/mol. The van der Waals surface area contributed by atoms with Crippen LogP contribution in [-0.2, 0) is 6.42 Å². The molecule has 0 fully saturated rings. The quantitative estimate of drug-likeness (QED) is 0.887. The van der Waals surface area contributed by atoms with Gasteiger partial charge >= 0.3 is 0 Å². The Kier molecular flexibility index (Phi) is 4.00. The summed E-state index contributed by atoms with van der Waals surface area (Å²) in [7, 11) is 0. The van der Waals surface area contributed by atoms with Crippen LogP contribution in [0, 0.1) is 13.8 Å². The van der Waals surface area contributed by atoms with Crippen molar-refractivity contribution in [3.8, 4) is 11.5 Å². The summed E-state index contributed by atoms with van der Waals surface area (Å²) >= 11 is 0. The van der Waals surface area contributed by atoms with E-state index in [4.69, 9.17) is 10.5 Å². The van der Waals surface area contributed by atoms with Gasteiger partial charge in [-0.3, -0.25) is 0 Å². The Hall–Kier alpha value is -1.80. The average Bonchev–Trinajstić information content (AvgIpc) is 2.35. The van der Waals surface area contributed by atoms with Crippen molar-refractivity contribution in [3.05, 3.63) is 59.2 Å². The van der Waals surface area contributed by atoms with Crippen molar-refractivity contribution in [2.24, 2.45) is 5.73 Å². The molecule has 0 saturated heterocycles. The van der Waals surface area contributed by atoms with E-state index in [9.17, 15) is 0 Å². The maximum absolute atomic E-state index is 5.99. The molecular weight excluding hydrogens is 222 g/mol. The summed E-state index contributed by atoms with van der Waals surface area (Å²) in [6.45, 7) is 4.78. The minimum absolute atomic E-state index is 0.632. The summed E-state index contributed by atoms with van der Waals surface area (Å²) in [5.74, 6) is 1.81. The van der Waals surface area contributed by atoms with Crippen molar-refractivity contribution in [1.82, 2.24) is 0 Å². The number of nitrogens with two attached hydrogens (primary N) is 1. The first kappa shape index (κ1) is 12.7. The van der Waals surface area contributed by atoms with Crippen LogP contribution >= 0.6 is 0 Å². The lowest BCUT2D eigenvalue weighted by atomic mass is 10.1. The van der Waals surface area contributed by atoms with Crippen LogP contribution in [-0.4, -0.2) is 6.54 Å². The van der Waals surface area contributed by atoms with E-state index < -0.39 is 0 Å². The zero-order valence-corrected chi connectivity index (χ0v) is 10.9. The van der Waals surface area contributed by atoms with Crippen LogP contribution < -0.4 is 10.5 Å². The molecule has 0 bridgehead atoms. The highest BCUT2D eigenvalue weighted by Gasteiger charge is 2.05. The topological polar surface area (TPSA) is 35.2 Å². The fourth-order valence-electron chi connectivity index (χ4n) is 2.00. The number of ether oxygens (including phenoxy) is 1. The molecule has 2 N–H and O–H groups in total. The Morgan fingerprint density at radius 3 is 2.50 bits per heavy atom. The van der Waals surface area contributed by atoms with Crippen LogP contribution in [0.5, 0.6) is 11.5 Å². The molecule has 0 aliphatic heterocycles. The number of aryl methyl sites for hydroxylation is 2. The highest BCUT2D eigenvalue weighted by molar-refractivity contribution is 5.42. The summed E-state index contributed by atoms with van der Waals surface area (Å²) in [5.41, 5.74) is 9.17. The minimum Gasteiger partial charge on any atom is -0.457 e. The van der Waals surface area contributed by atoms with Gasteiger partial charge in [0.15, 0.2) is 0 Å². The Morgan fingerprint density at radius 1 is 1.00 bits per heavy atom. The number of para-hydroxylation sites is 1. The minimum atomic E-state index is 0.632. The first-order valence-corrected chi connectivity index (χ1v) is 6.24. The smallest absolute Gasteiger partial charge is 0.130 e. The Bertz CT molecular complexity index is 534. The van der Waals surface area contributed by atoms with Crippen molar-refractivity contribution >= 4 is 0 Å². The second-order valence-electron chi connectivity index (χ2n) is 4.52. The van der Waals surface area contributed by atoms with Gasteiger partial charge in [0, 0.05) is 0 Å². The van der Waals surface area contributed by atoms with Gasteiger partial charge in [-0.05, 0) is 50.1 Å². The van der Waals surface area contributed by atoms with Gasteiger partial charge in [-0.2, -0.15) is 0 Å². The summed E-state index contributed by atoms with van der Waals surface area (Å²) in [6, 6.07) is 14.3. The average molecular weight is 241 g/mol. The first-order valence-electron chi connectivity index (χ1n) is 6.24. The van der Waals surface area contributed by atoms with Gasteiger partial charge in [-0.1, -0.05) is 35.9 Å². The molecule has 2 aromatic carbocycles. The van der Waals surface area contributed by atoms with Crippen molar-refractivity contribution in [3.63, 3.8) is 0 Å². The maximum atomic E-state index is 5.99. The Balaban J connectivity index is 2.28. The molecule has 18 heavy (non-hydrogen) atoms. The van der Waals surface area contributed by atoms with Crippen LogP contribution in [0.3, 0.4) is 0 Å². The first-order chi connectivity index (χ1) is 8.70. The second-order valence-corrected chi connectivity index (χ2v) is 4.52. The largest absolute Gasteiger partial charge is 0.457 e. The molecule has 2 nitrogen and oxygen atoms in total. The maximum Gasteiger partial charge on any atom is 0.130 e. The SMILES string of the molecule is Cc1ccc(Oc2ccccc2CCN)c(C)c1. The van der Waals surface area contributed by atoms with Gasteiger partial charge in [0.1, 0.15) is 11.5 Å². The highest BCUT2D eigenvalue weighted by Crippen LogP contribution is 2.28. The standard InChI is InChI=1S/C16H19NO/c1-12-7-8-15(13(2)11-12)18-16-6-4-3-5-14(16)9-10-17/h3-8,11H,9-10,17H2,1-2H3. The van der Waals surface area contributed by atoms with Crippen LogP contribution in [0.15, 0.2) is 42.5 Å². The van der Waals surface area contributed by atoms with E-state index in [1.165, 1.54) is 5.56 Å². The number of benzene rings is 2. The van der Waals surface area contributed by atoms with E-state index in [0.717, 1.165) is 29.0 Å². The van der Waals surface area contributed by atoms with Gasteiger partial charge in [0.2, 0.25) is 0 Å². The molecule has 0 aliphatic carbocycles. The summed E-state index contributed by atoms with van der Waals surface area (Å²) < 4.78 is 5.99. The lowest BCUT2D eigenvalue weighted by Crippen LogP contribution is -2.04. The zero-order chi connectivity index (χ0) is 13.0. The van der Waals surface area contributed by atoms with Gasteiger partial charge in [0.25, 0.3) is 0 Å². The molecule has 2 heteroatoms. The molecule has 0 heterocycles. The summed E-state index contributed by atoms with van der Waals surface area (Å²) in [4.78, 5) is 0. The van der Waals surface area contributed by atoms with E-state index in [0.29, 0.717) is 6.54 Å². The molecule has 0 saturated carbocycles. The molecule has 0 atom stereocenters. The molecule has 0 amide bonds. The summed E-state index contributed by atoms with van der Waals surface area (Å²) in [6.07, 6.45) is 0.834. The molecule has 94 valence electrons.